The number of aromatic nitrogens is 1. The number of thiazole rings is 1. The van der Waals surface area contributed by atoms with E-state index in [4.69, 9.17) is 9.47 Å². The standard InChI is InChI=1S/C27H31F2N3O5S/c1-32(2,3)6-5-7-37-22-10-20-23(11-21(22)36-4)38-24(31-20)15-30-26(35)27(14-25(33)34)12-16-8-18(28)19(29)9-17(16)13-27/h8-11H,5-7,12-15H2,1-4H3,(H-,30,33,34,35). The van der Waals surface area contributed by atoms with Crippen molar-refractivity contribution < 1.29 is 37.4 Å². The van der Waals surface area contributed by atoms with Gasteiger partial charge in [-0.25, -0.2) is 13.8 Å². The van der Waals surface area contributed by atoms with Gasteiger partial charge in [-0.1, -0.05) is 0 Å². The monoisotopic (exact) mass is 547 g/mol. The summed E-state index contributed by atoms with van der Waals surface area (Å²) < 4.78 is 40.6. The fourth-order valence-electron chi connectivity index (χ4n) is 4.79. The van der Waals surface area contributed by atoms with Gasteiger partial charge in [-0.3, -0.25) is 4.79 Å². The molecule has 1 aromatic heterocycles. The van der Waals surface area contributed by atoms with Crippen molar-refractivity contribution in [1.82, 2.24) is 10.3 Å². The lowest BCUT2D eigenvalue weighted by Crippen LogP contribution is -2.45. The lowest BCUT2D eigenvalue weighted by atomic mass is 9.80. The molecule has 0 spiro atoms. The third-order valence-corrected chi connectivity index (χ3v) is 7.63. The Morgan fingerprint density at radius 2 is 1.76 bits per heavy atom. The predicted octanol–water partition coefficient (Wildman–Crippen LogP) is 2.60. The van der Waals surface area contributed by atoms with Crippen LogP contribution >= 0.6 is 11.3 Å². The predicted molar refractivity (Wildman–Crippen MR) is 137 cm³/mol. The van der Waals surface area contributed by atoms with E-state index in [0.29, 0.717) is 39.8 Å². The summed E-state index contributed by atoms with van der Waals surface area (Å²) in [6.45, 7) is 1.55. The van der Waals surface area contributed by atoms with Crippen LogP contribution in [0.1, 0.15) is 29.0 Å². The van der Waals surface area contributed by atoms with Crippen LogP contribution in [0, 0.1) is 17.0 Å². The molecule has 2 aromatic carbocycles. The first-order valence-corrected chi connectivity index (χ1v) is 13.1. The maximum atomic E-state index is 13.7. The molecule has 38 heavy (non-hydrogen) atoms. The molecule has 1 amide bonds. The van der Waals surface area contributed by atoms with Gasteiger partial charge in [-0.15, -0.1) is 11.3 Å². The molecule has 1 aliphatic carbocycles. The first kappa shape index (κ1) is 27.7. The quantitative estimate of drug-likeness (QED) is 0.293. The Morgan fingerprint density at radius 3 is 2.34 bits per heavy atom. The van der Waals surface area contributed by atoms with Gasteiger partial charge in [0.25, 0.3) is 0 Å². The number of aliphatic carboxylic acids is 1. The number of benzene rings is 2. The second-order valence-corrected chi connectivity index (χ2v) is 11.8. The summed E-state index contributed by atoms with van der Waals surface area (Å²) >= 11 is 1.36. The summed E-state index contributed by atoms with van der Waals surface area (Å²) in [5.41, 5.74) is 0.127. The van der Waals surface area contributed by atoms with Crippen molar-refractivity contribution in [3.8, 4) is 11.5 Å². The number of ether oxygens (including phenoxy) is 2. The average molecular weight is 548 g/mol. The average Bonchev–Trinajstić information content (AvgIpc) is 3.39. The Kier molecular flexibility index (Phi) is 7.89. The number of amides is 1. The van der Waals surface area contributed by atoms with Crippen LogP contribution in [0.5, 0.6) is 11.5 Å². The summed E-state index contributed by atoms with van der Waals surface area (Å²) in [6, 6.07) is 5.69. The van der Waals surface area contributed by atoms with Gasteiger partial charge in [0.1, 0.15) is 5.01 Å². The fraction of sp³-hybridized carbons (Fsp3) is 0.444. The van der Waals surface area contributed by atoms with Crippen LogP contribution < -0.4 is 19.9 Å². The van der Waals surface area contributed by atoms with Crippen molar-refractivity contribution >= 4 is 33.4 Å². The highest BCUT2D eigenvalue weighted by molar-refractivity contribution is 7.18. The number of hydrogen-bond acceptors (Lipinski definition) is 7. The lowest BCUT2D eigenvalue weighted by Gasteiger charge is -2.28. The number of halogens is 2. The normalized spacial score (nSPS) is 14.4. The van der Waals surface area contributed by atoms with Crippen molar-refractivity contribution in [3.63, 3.8) is 0 Å². The molecule has 11 heteroatoms. The Hall–Kier alpha value is -3.31. The Morgan fingerprint density at radius 1 is 1.11 bits per heavy atom. The van der Waals surface area contributed by atoms with Gasteiger partial charge in [-0.2, -0.15) is 0 Å². The Bertz CT molecular complexity index is 1340. The molecule has 0 fully saturated rings. The number of methoxy groups -OCH3 is 1. The van der Waals surface area contributed by atoms with Gasteiger partial charge in [0.05, 0.1) is 63.6 Å². The smallest absolute Gasteiger partial charge is 0.227 e. The zero-order chi connectivity index (χ0) is 27.7. The molecule has 8 nitrogen and oxygen atoms in total. The van der Waals surface area contributed by atoms with Crippen molar-refractivity contribution in [2.45, 2.75) is 32.2 Å². The van der Waals surface area contributed by atoms with Gasteiger partial charge in [0.2, 0.25) is 5.91 Å². The molecule has 0 aliphatic heterocycles. The zero-order valence-electron chi connectivity index (χ0n) is 21.9. The molecule has 0 saturated heterocycles. The molecule has 1 heterocycles. The molecule has 0 atom stereocenters. The zero-order valence-corrected chi connectivity index (χ0v) is 22.7. The molecule has 0 radical (unpaired) electrons. The number of nitrogens with zero attached hydrogens (tertiary/aromatic N) is 2. The van der Waals surface area contributed by atoms with Crippen LogP contribution in [-0.2, 0) is 29.0 Å². The largest absolute Gasteiger partial charge is 0.550 e. The summed E-state index contributed by atoms with van der Waals surface area (Å²) in [5.74, 6) is -2.84. The maximum Gasteiger partial charge on any atom is 0.227 e. The van der Waals surface area contributed by atoms with Crippen LogP contribution in [0.15, 0.2) is 24.3 Å². The number of fused-ring (bicyclic) bond motifs is 2. The van der Waals surface area contributed by atoms with E-state index in [1.165, 1.54) is 11.3 Å². The topological polar surface area (TPSA) is 101 Å². The number of carboxylic acids is 1. The van der Waals surface area contributed by atoms with Crippen LogP contribution in [0.2, 0.25) is 0 Å². The molecule has 1 N–H and O–H groups in total. The molecule has 0 unspecified atom stereocenters. The molecular formula is C27H31F2N3O5S. The molecule has 0 bridgehead atoms. The van der Waals surface area contributed by atoms with Crippen molar-refractivity contribution in [2.24, 2.45) is 5.41 Å². The van der Waals surface area contributed by atoms with E-state index in [0.717, 1.165) is 34.3 Å². The van der Waals surface area contributed by atoms with E-state index in [9.17, 15) is 23.5 Å². The van der Waals surface area contributed by atoms with Gasteiger partial charge in [-0.05, 0) is 36.1 Å². The number of carbonyl (C=O) groups is 2. The fourth-order valence-corrected chi connectivity index (χ4v) is 5.71. The first-order valence-electron chi connectivity index (χ1n) is 12.2. The number of nitrogens with one attached hydrogen (secondary N) is 1. The Labute approximate surface area is 223 Å². The van der Waals surface area contributed by atoms with E-state index in [1.54, 1.807) is 13.2 Å². The SMILES string of the molecule is COc1cc2sc(CNC(=O)C3(CC(=O)[O-])Cc4cc(F)c(F)cc4C3)nc2cc1OCCC[N+](C)(C)C. The van der Waals surface area contributed by atoms with E-state index in [2.05, 4.69) is 31.4 Å². The van der Waals surface area contributed by atoms with Gasteiger partial charge >= 0.3 is 0 Å². The third kappa shape index (κ3) is 6.21. The molecule has 204 valence electrons. The second kappa shape index (κ2) is 10.8. The van der Waals surface area contributed by atoms with E-state index < -0.39 is 35.3 Å². The highest BCUT2D eigenvalue weighted by Crippen LogP contribution is 2.41. The minimum Gasteiger partial charge on any atom is -0.550 e. The van der Waals surface area contributed by atoms with E-state index >= 15 is 0 Å². The molecule has 4 rings (SSSR count). The second-order valence-electron chi connectivity index (χ2n) is 10.7. The van der Waals surface area contributed by atoms with Gasteiger partial charge in [0, 0.05) is 30.9 Å². The molecule has 0 saturated carbocycles. The Balaban J connectivity index is 1.47. The van der Waals surface area contributed by atoms with Crippen molar-refractivity contribution in [1.29, 1.82) is 0 Å². The number of hydrogen-bond donors (Lipinski definition) is 1. The maximum absolute atomic E-state index is 13.7. The van der Waals surface area contributed by atoms with Crippen LogP contribution in [-0.4, -0.2) is 62.7 Å². The van der Waals surface area contributed by atoms with Gasteiger partial charge < -0.3 is 29.2 Å². The molecule has 1 aliphatic rings. The highest BCUT2D eigenvalue weighted by Gasteiger charge is 2.44. The van der Waals surface area contributed by atoms with Crippen molar-refractivity contribution in [3.05, 3.63) is 52.0 Å². The highest BCUT2D eigenvalue weighted by atomic mass is 32.1. The number of carboxylic acid groups (broad SMARTS) is 1. The van der Waals surface area contributed by atoms with E-state index in [-0.39, 0.29) is 19.4 Å². The summed E-state index contributed by atoms with van der Waals surface area (Å²) in [7, 11) is 7.92. The minimum atomic E-state index is -1.41. The van der Waals surface area contributed by atoms with Crippen LogP contribution in [0.3, 0.4) is 0 Å². The minimum absolute atomic E-state index is 0.0226. The summed E-state index contributed by atoms with van der Waals surface area (Å²) in [6.07, 6.45) is 0.259. The van der Waals surface area contributed by atoms with Crippen LogP contribution in [0.4, 0.5) is 8.78 Å². The van der Waals surface area contributed by atoms with Gasteiger partial charge in [0.15, 0.2) is 23.1 Å². The number of quaternary nitrogens is 1. The van der Waals surface area contributed by atoms with E-state index in [1.807, 2.05) is 6.07 Å². The van der Waals surface area contributed by atoms with Crippen molar-refractivity contribution in [2.75, 3.05) is 41.4 Å². The lowest BCUT2D eigenvalue weighted by molar-refractivity contribution is -0.870. The first-order chi connectivity index (χ1) is 17.9. The number of carbonyl (C=O) groups excluding carboxylic acids is 2. The summed E-state index contributed by atoms with van der Waals surface area (Å²) in [4.78, 5) is 29.3. The molecular weight excluding hydrogens is 516 g/mol. The number of rotatable bonds is 11. The third-order valence-electron chi connectivity index (χ3n) is 6.61. The summed E-state index contributed by atoms with van der Waals surface area (Å²) in [5, 5.41) is 14.9. The molecule has 3 aromatic rings. The van der Waals surface area contributed by atoms with Crippen LogP contribution in [0.25, 0.3) is 10.2 Å².